The lowest BCUT2D eigenvalue weighted by molar-refractivity contribution is 0.0581. The Balaban J connectivity index is 2.16. The Kier molecular flexibility index (Phi) is 5.14. The van der Waals surface area contributed by atoms with Crippen LogP contribution >= 0.6 is 0 Å². The van der Waals surface area contributed by atoms with Crippen molar-refractivity contribution < 1.29 is 15.3 Å². The number of aliphatic hydroxyl groups is 1. The molecule has 0 heterocycles. The summed E-state index contributed by atoms with van der Waals surface area (Å²) in [7, 11) is 0. The molecule has 0 amide bonds. The van der Waals surface area contributed by atoms with Crippen LogP contribution in [0.2, 0.25) is 0 Å². The third-order valence-corrected chi connectivity index (χ3v) is 5.50. The highest BCUT2D eigenvalue weighted by atomic mass is 16.3. The molecule has 2 aromatic rings. The largest absolute Gasteiger partial charge is 0.508 e. The summed E-state index contributed by atoms with van der Waals surface area (Å²) in [6.45, 7) is 4.33. The van der Waals surface area contributed by atoms with Crippen LogP contribution in [0.4, 0.5) is 0 Å². The molecule has 0 bridgehead atoms. The standard InChI is InChI=1S/C22H26O3/c1-3-19-14(2)20(12-13-21(19)25)22(15-4-8-17(23)9-5-15)16-6-10-18(24)11-7-16/h4-11,14,19,21,23-25H,3,12-13H2,1-2H3. The molecule has 3 rings (SSSR count). The van der Waals surface area contributed by atoms with E-state index in [1.807, 2.05) is 24.3 Å². The van der Waals surface area contributed by atoms with Crippen LogP contribution in [0.1, 0.15) is 44.2 Å². The predicted octanol–water partition coefficient (Wildman–Crippen LogP) is 4.72. The molecular formula is C22H26O3. The lowest BCUT2D eigenvalue weighted by atomic mass is 9.70. The number of hydrogen-bond acceptors (Lipinski definition) is 3. The number of phenolic OH excluding ortho intramolecular Hbond substituents is 2. The lowest BCUT2D eigenvalue weighted by Crippen LogP contribution is -2.32. The van der Waals surface area contributed by atoms with E-state index in [2.05, 4.69) is 13.8 Å². The quantitative estimate of drug-likeness (QED) is 0.759. The summed E-state index contributed by atoms with van der Waals surface area (Å²) in [4.78, 5) is 0. The molecule has 0 radical (unpaired) electrons. The van der Waals surface area contributed by atoms with Crippen LogP contribution in [0, 0.1) is 11.8 Å². The summed E-state index contributed by atoms with van der Waals surface area (Å²) in [5, 5.41) is 29.6. The Hall–Kier alpha value is -2.26. The van der Waals surface area contributed by atoms with E-state index < -0.39 is 0 Å². The van der Waals surface area contributed by atoms with Crippen molar-refractivity contribution in [3.63, 3.8) is 0 Å². The van der Waals surface area contributed by atoms with Gasteiger partial charge in [-0.1, -0.05) is 50.1 Å². The molecule has 1 aliphatic carbocycles. The summed E-state index contributed by atoms with van der Waals surface area (Å²) in [5.41, 5.74) is 4.60. The maximum atomic E-state index is 10.4. The van der Waals surface area contributed by atoms with Crippen LogP contribution in [0.3, 0.4) is 0 Å². The van der Waals surface area contributed by atoms with Crippen molar-refractivity contribution >= 4 is 5.57 Å². The molecule has 2 aromatic carbocycles. The lowest BCUT2D eigenvalue weighted by Gasteiger charge is -2.37. The van der Waals surface area contributed by atoms with Gasteiger partial charge in [-0.3, -0.25) is 0 Å². The SMILES string of the molecule is CCC1C(O)CCC(=C(c2ccc(O)cc2)c2ccc(O)cc2)C1C. The first-order valence-electron chi connectivity index (χ1n) is 9.01. The van der Waals surface area contributed by atoms with Gasteiger partial charge in [0.15, 0.2) is 0 Å². The van der Waals surface area contributed by atoms with E-state index in [-0.39, 0.29) is 29.4 Å². The molecule has 3 nitrogen and oxygen atoms in total. The maximum absolute atomic E-state index is 10.4. The summed E-state index contributed by atoms with van der Waals surface area (Å²) in [5.74, 6) is 1.04. The first-order chi connectivity index (χ1) is 12.0. The zero-order valence-electron chi connectivity index (χ0n) is 14.8. The van der Waals surface area contributed by atoms with E-state index in [1.54, 1.807) is 24.3 Å². The minimum atomic E-state index is -0.246. The molecule has 3 heteroatoms. The van der Waals surface area contributed by atoms with E-state index in [9.17, 15) is 15.3 Å². The van der Waals surface area contributed by atoms with E-state index in [4.69, 9.17) is 0 Å². The minimum Gasteiger partial charge on any atom is -0.508 e. The Morgan fingerprint density at radius 1 is 0.920 bits per heavy atom. The first-order valence-corrected chi connectivity index (χ1v) is 9.01. The van der Waals surface area contributed by atoms with Gasteiger partial charge in [-0.25, -0.2) is 0 Å². The fourth-order valence-corrected chi connectivity index (χ4v) is 4.11. The average Bonchev–Trinajstić information content (AvgIpc) is 2.60. The van der Waals surface area contributed by atoms with Crippen LogP contribution in [-0.2, 0) is 0 Å². The number of aromatic hydroxyl groups is 2. The van der Waals surface area contributed by atoms with Gasteiger partial charge < -0.3 is 15.3 Å². The highest BCUT2D eigenvalue weighted by Crippen LogP contribution is 2.42. The monoisotopic (exact) mass is 338 g/mol. The summed E-state index contributed by atoms with van der Waals surface area (Å²) >= 11 is 0. The second-order valence-electron chi connectivity index (χ2n) is 6.96. The minimum absolute atomic E-state index is 0.246. The van der Waals surface area contributed by atoms with E-state index >= 15 is 0 Å². The molecule has 0 aliphatic heterocycles. The Morgan fingerprint density at radius 3 is 1.84 bits per heavy atom. The molecular weight excluding hydrogens is 312 g/mol. The molecule has 0 aromatic heterocycles. The van der Waals surface area contributed by atoms with Gasteiger partial charge in [0.25, 0.3) is 0 Å². The fourth-order valence-electron chi connectivity index (χ4n) is 4.11. The number of benzene rings is 2. The summed E-state index contributed by atoms with van der Waals surface area (Å²) in [6, 6.07) is 14.6. The molecule has 25 heavy (non-hydrogen) atoms. The van der Waals surface area contributed by atoms with Gasteiger partial charge in [0.05, 0.1) is 6.10 Å². The van der Waals surface area contributed by atoms with Crippen molar-refractivity contribution in [1.82, 2.24) is 0 Å². The van der Waals surface area contributed by atoms with Crippen molar-refractivity contribution in [3.8, 4) is 11.5 Å². The number of hydrogen-bond donors (Lipinski definition) is 3. The van der Waals surface area contributed by atoms with Gasteiger partial charge >= 0.3 is 0 Å². The molecule has 1 saturated carbocycles. The summed E-state index contributed by atoms with van der Waals surface area (Å²) in [6.07, 6.45) is 2.34. The van der Waals surface area contributed by atoms with E-state index in [1.165, 1.54) is 5.57 Å². The van der Waals surface area contributed by atoms with Gasteiger partial charge in [0, 0.05) is 0 Å². The zero-order chi connectivity index (χ0) is 18.0. The highest BCUT2D eigenvalue weighted by molar-refractivity contribution is 5.83. The average molecular weight is 338 g/mol. The van der Waals surface area contributed by atoms with E-state index in [0.717, 1.165) is 36.0 Å². The van der Waals surface area contributed by atoms with Crippen LogP contribution in [0.15, 0.2) is 54.1 Å². The fraction of sp³-hybridized carbons (Fsp3) is 0.364. The molecule has 132 valence electrons. The number of rotatable bonds is 3. The zero-order valence-corrected chi connectivity index (χ0v) is 14.8. The third kappa shape index (κ3) is 3.57. The molecule has 1 fully saturated rings. The molecule has 0 spiro atoms. The molecule has 3 N–H and O–H groups in total. The van der Waals surface area contributed by atoms with E-state index in [0.29, 0.717) is 0 Å². The second kappa shape index (κ2) is 7.32. The van der Waals surface area contributed by atoms with Gasteiger partial charge in [-0.05, 0) is 65.6 Å². The van der Waals surface area contributed by atoms with Crippen LogP contribution in [-0.4, -0.2) is 21.4 Å². The van der Waals surface area contributed by atoms with Crippen molar-refractivity contribution in [3.05, 3.63) is 65.2 Å². The van der Waals surface area contributed by atoms with Gasteiger partial charge in [0.2, 0.25) is 0 Å². The molecule has 3 unspecified atom stereocenters. The Morgan fingerprint density at radius 2 is 1.40 bits per heavy atom. The van der Waals surface area contributed by atoms with Crippen LogP contribution in [0.5, 0.6) is 11.5 Å². The highest BCUT2D eigenvalue weighted by Gasteiger charge is 2.33. The van der Waals surface area contributed by atoms with Crippen molar-refractivity contribution in [2.45, 2.75) is 39.2 Å². The smallest absolute Gasteiger partial charge is 0.115 e. The van der Waals surface area contributed by atoms with Crippen LogP contribution < -0.4 is 0 Å². The second-order valence-corrected chi connectivity index (χ2v) is 6.96. The van der Waals surface area contributed by atoms with Crippen molar-refractivity contribution in [2.75, 3.05) is 0 Å². The van der Waals surface area contributed by atoms with Gasteiger partial charge in [0.1, 0.15) is 11.5 Å². The normalized spacial score (nSPS) is 23.5. The predicted molar refractivity (Wildman–Crippen MR) is 100 cm³/mol. The number of allylic oxidation sites excluding steroid dienone is 1. The van der Waals surface area contributed by atoms with Crippen LogP contribution in [0.25, 0.3) is 5.57 Å². The Labute approximate surface area is 149 Å². The molecule has 3 atom stereocenters. The first kappa shape index (κ1) is 17.6. The van der Waals surface area contributed by atoms with Gasteiger partial charge in [-0.15, -0.1) is 0 Å². The topological polar surface area (TPSA) is 60.7 Å². The maximum Gasteiger partial charge on any atom is 0.115 e. The molecule has 0 saturated heterocycles. The summed E-state index contributed by atoms with van der Waals surface area (Å²) < 4.78 is 0. The molecule has 1 aliphatic rings. The van der Waals surface area contributed by atoms with Crippen molar-refractivity contribution in [2.24, 2.45) is 11.8 Å². The van der Waals surface area contributed by atoms with Crippen molar-refractivity contribution in [1.29, 1.82) is 0 Å². The number of phenols is 2. The third-order valence-electron chi connectivity index (χ3n) is 5.50. The Bertz CT molecular complexity index is 696. The number of aliphatic hydroxyl groups excluding tert-OH is 1. The van der Waals surface area contributed by atoms with Gasteiger partial charge in [-0.2, -0.15) is 0 Å².